The van der Waals surface area contributed by atoms with Gasteiger partial charge in [0.2, 0.25) is 0 Å². The first-order valence-electron chi connectivity index (χ1n) is 7.76. The minimum Gasteiger partial charge on any atom is -0.496 e. The van der Waals surface area contributed by atoms with Crippen LogP contribution in [0.4, 0.5) is 0 Å². The summed E-state index contributed by atoms with van der Waals surface area (Å²) in [6.45, 7) is 9.22. The number of hydrogen-bond donors (Lipinski definition) is 1. The van der Waals surface area contributed by atoms with E-state index in [1.165, 1.54) is 4.90 Å². The van der Waals surface area contributed by atoms with Gasteiger partial charge in [-0.05, 0) is 38.3 Å². The van der Waals surface area contributed by atoms with E-state index in [1.54, 1.807) is 21.0 Å². The van der Waals surface area contributed by atoms with Crippen molar-refractivity contribution in [2.75, 3.05) is 13.7 Å². The molecule has 5 nitrogen and oxygen atoms in total. The average molecular weight is 316 g/mol. The summed E-state index contributed by atoms with van der Waals surface area (Å²) in [6.07, 6.45) is 0. The van der Waals surface area contributed by atoms with Gasteiger partial charge in [-0.2, -0.15) is 5.26 Å². The molecule has 124 valence electrons. The molecule has 1 atom stereocenters. The molecule has 5 heteroatoms. The highest BCUT2D eigenvalue weighted by Gasteiger charge is 2.47. The van der Waals surface area contributed by atoms with Crippen LogP contribution in [0.25, 0.3) is 0 Å². The highest BCUT2D eigenvalue weighted by molar-refractivity contribution is 6.02. The third kappa shape index (κ3) is 2.47. The average Bonchev–Trinajstić information content (AvgIpc) is 2.80. The zero-order valence-electron chi connectivity index (χ0n) is 14.6. The maximum Gasteiger partial charge on any atom is 0.256 e. The minimum atomic E-state index is -0.815. The number of aryl methyl sites for hydroxylation is 1. The molecule has 0 saturated heterocycles. The van der Waals surface area contributed by atoms with Gasteiger partial charge in [0.1, 0.15) is 11.8 Å². The first-order chi connectivity index (χ1) is 10.7. The molecule has 0 spiro atoms. The Morgan fingerprint density at radius 1 is 1.48 bits per heavy atom. The number of carbonyl (C=O) groups is 1. The number of benzene rings is 1. The summed E-state index contributed by atoms with van der Waals surface area (Å²) in [4.78, 5) is 14.5. The van der Waals surface area contributed by atoms with E-state index in [0.717, 1.165) is 16.7 Å². The van der Waals surface area contributed by atoms with Crippen LogP contribution in [0.3, 0.4) is 0 Å². The zero-order valence-corrected chi connectivity index (χ0v) is 14.6. The van der Waals surface area contributed by atoms with E-state index in [4.69, 9.17) is 4.74 Å². The molecule has 0 radical (unpaired) electrons. The maximum atomic E-state index is 13.0. The quantitative estimate of drug-likeness (QED) is 0.927. The SMILES string of the molecule is COc1cc(C)c2c(c1C(C)C)C(C#N)N(C(C)(C)CO)C2=O. The summed E-state index contributed by atoms with van der Waals surface area (Å²) in [5.74, 6) is 0.612. The Morgan fingerprint density at radius 2 is 2.09 bits per heavy atom. The first-order valence-corrected chi connectivity index (χ1v) is 7.76. The molecule has 0 fully saturated rings. The number of methoxy groups -OCH3 is 1. The van der Waals surface area contributed by atoms with Crippen LogP contribution in [0.1, 0.15) is 66.7 Å². The molecule has 1 heterocycles. The number of aliphatic hydroxyl groups is 1. The summed E-state index contributed by atoms with van der Waals surface area (Å²) >= 11 is 0. The van der Waals surface area contributed by atoms with E-state index in [1.807, 2.05) is 26.8 Å². The molecule has 1 N–H and O–H groups in total. The van der Waals surface area contributed by atoms with E-state index in [0.29, 0.717) is 11.3 Å². The van der Waals surface area contributed by atoms with Gasteiger partial charge in [0.25, 0.3) is 5.91 Å². The van der Waals surface area contributed by atoms with Gasteiger partial charge in [0, 0.05) is 16.7 Å². The number of ether oxygens (including phenoxy) is 1. The number of fused-ring (bicyclic) bond motifs is 1. The third-order valence-electron chi connectivity index (χ3n) is 4.49. The molecule has 0 aliphatic carbocycles. The highest BCUT2D eigenvalue weighted by Crippen LogP contribution is 2.46. The van der Waals surface area contributed by atoms with E-state index >= 15 is 0 Å². The lowest BCUT2D eigenvalue weighted by Crippen LogP contribution is -2.48. The lowest BCUT2D eigenvalue weighted by Gasteiger charge is -2.36. The van der Waals surface area contributed by atoms with Gasteiger partial charge in [-0.3, -0.25) is 4.79 Å². The molecule has 0 saturated carbocycles. The van der Waals surface area contributed by atoms with E-state index in [9.17, 15) is 15.2 Å². The predicted octanol–water partition coefficient (Wildman–Crippen LogP) is 2.92. The molecule has 1 aliphatic rings. The van der Waals surface area contributed by atoms with Gasteiger partial charge >= 0.3 is 0 Å². The summed E-state index contributed by atoms with van der Waals surface area (Å²) in [6, 6.07) is 3.39. The molecule has 0 bridgehead atoms. The maximum absolute atomic E-state index is 13.0. The minimum absolute atomic E-state index is 0.111. The Morgan fingerprint density at radius 3 is 2.52 bits per heavy atom. The number of nitriles is 1. The largest absolute Gasteiger partial charge is 0.496 e. The number of hydrogen-bond acceptors (Lipinski definition) is 4. The topological polar surface area (TPSA) is 73.6 Å². The number of aliphatic hydroxyl groups excluding tert-OH is 1. The van der Waals surface area contributed by atoms with Crippen LogP contribution in [-0.4, -0.2) is 35.2 Å². The van der Waals surface area contributed by atoms with Gasteiger partial charge in [-0.25, -0.2) is 0 Å². The molecule has 1 aromatic carbocycles. The Hall–Kier alpha value is -2.06. The number of nitrogens with zero attached hydrogens (tertiary/aromatic N) is 2. The molecule has 1 aromatic rings. The summed E-state index contributed by atoms with van der Waals surface area (Å²) < 4.78 is 5.50. The van der Waals surface area contributed by atoms with Crippen LogP contribution in [0.2, 0.25) is 0 Å². The van der Waals surface area contributed by atoms with Crippen LogP contribution in [0.15, 0.2) is 6.07 Å². The molecule has 23 heavy (non-hydrogen) atoms. The van der Waals surface area contributed by atoms with Crippen LogP contribution < -0.4 is 4.74 Å². The Labute approximate surface area is 137 Å². The highest BCUT2D eigenvalue weighted by atomic mass is 16.5. The third-order valence-corrected chi connectivity index (χ3v) is 4.49. The summed E-state index contributed by atoms with van der Waals surface area (Å²) in [7, 11) is 1.60. The second-order valence-electron chi connectivity index (χ2n) is 6.93. The van der Waals surface area contributed by atoms with Crippen LogP contribution in [0, 0.1) is 18.3 Å². The summed E-state index contributed by atoms with van der Waals surface area (Å²) in [5.41, 5.74) is 2.17. The molecule has 0 aromatic heterocycles. The van der Waals surface area contributed by atoms with Crippen LogP contribution >= 0.6 is 0 Å². The second kappa shape index (κ2) is 5.86. The van der Waals surface area contributed by atoms with Crippen molar-refractivity contribution in [3.63, 3.8) is 0 Å². The van der Waals surface area contributed by atoms with Crippen molar-refractivity contribution in [1.29, 1.82) is 5.26 Å². The van der Waals surface area contributed by atoms with Crippen molar-refractivity contribution in [2.45, 2.75) is 52.1 Å². The molecule has 1 amide bonds. The zero-order chi connectivity index (χ0) is 17.5. The molecular formula is C18H24N2O3. The van der Waals surface area contributed by atoms with Crippen molar-refractivity contribution in [1.82, 2.24) is 4.90 Å². The van der Waals surface area contributed by atoms with Crippen molar-refractivity contribution in [3.8, 4) is 11.8 Å². The first kappa shape index (κ1) is 17.3. The number of carbonyl (C=O) groups excluding carboxylic acids is 1. The van der Waals surface area contributed by atoms with Gasteiger partial charge < -0.3 is 14.7 Å². The van der Waals surface area contributed by atoms with Gasteiger partial charge in [-0.1, -0.05) is 13.8 Å². The smallest absolute Gasteiger partial charge is 0.256 e. The number of rotatable bonds is 4. The van der Waals surface area contributed by atoms with Gasteiger partial charge in [-0.15, -0.1) is 0 Å². The van der Waals surface area contributed by atoms with Crippen molar-refractivity contribution in [3.05, 3.63) is 28.3 Å². The molecule has 1 unspecified atom stereocenters. The fourth-order valence-electron chi connectivity index (χ4n) is 3.35. The van der Waals surface area contributed by atoms with Gasteiger partial charge in [0.15, 0.2) is 0 Å². The van der Waals surface area contributed by atoms with E-state index < -0.39 is 11.6 Å². The van der Waals surface area contributed by atoms with Gasteiger partial charge in [0.05, 0.1) is 25.3 Å². The second-order valence-corrected chi connectivity index (χ2v) is 6.93. The van der Waals surface area contributed by atoms with Crippen molar-refractivity contribution >= 4 is 5.91 Å². The summed E-state index contributed by atoms with van der Waals surface area (Å²) in [5, 5.41) is 19.4. The fourth-order valence-corrected chi connectivity index (χ4v) is 3.35. The Bertz CT molecular complexity index is 686. The number of amides is 1. The molecular weight excluding hydrogens is 292 g/mol. The molecule has 2 rings (SSSR count). The van der Waals surface area contributed by atoms with Crippen molar-refractivity contribution in [2.24, 2.45) is 0 Å². The molecule has 1 aliphatic heterocycles. The monoisotopic (exact) mass is 316 g/mol. The Balaban J connectivity index is 2.82. The van der Waals surface area contributed by atoms with E-state index in [2.05, 4.69) is 6.07 Å². The lowest BCUT2D eigenvalue weighted by atomic mass is 9.88. The predicted molar refractivity (Wildman–Crippen MR) is 87.5 cm³/mol. The van der Waals surface area contributed by atoms with E-state index in [-0.39, 0.29) is 18.4 Å². The van der Waals surface area contributed by atoms with Crippen molar-refractivity contribution < 1.29 is 14.6 Å². The normalized spacial score (nSPS) is 17.4. The standard InChI is InChI=1S/C18H24N2O3/c1-10(2)14-13(23-6)7-11(3)15-16(14)12(8-19)20(17(15)22)18(4,5)9-21/h7,10,12,21H,9H2,1-6H3. The van der Waals surface area contributed by atoms with Crippen LogP contribution in [-0.2, 0) is 0 Å². The lowest BCUT2D eigenvalue weighted by molar-refractivity contribution is 0.0336. The fraction of sp³-hybridized carbons (Fsp3) is 0.556. The Kier molecular flexibility index (Phi) is 4.41. The van der Waals surface area contributed by atoms with Crippen LogP contribution in [0.5, 0.6) is 5.75 Å².